The molecule has 16 rings (SSSR count). The molecule has 10 aliphatic carbocycles. The fourth-order valence-corrected chi connectivity index (χ4v) is 16.7. The second-order valence-corrected chi connectivity index (χ2v) is 29.1. The number of hydrogen-bond donors (Lipinski definition) is 7. The zero-order chi connectivity index (χ0) is 64.7. The van der Waals surface area contributed by atoms with Crippen LogP contribution >= 0.6 is 23.2 Å². The first-order chi connectivity index (χ1) is 43.3. The summed E-state index contributed by atoms with van der Waals surface area (Å²) in [6, 6.07) is 29.6. The van der Waals surface area contributed by atoms with E-state index >= 15 is 0 Å². The van der Waals surface area contributed by atoms with E-state index in [0.717, 1.165) is 85.7 Å². The van der Waals surface area contributed by atoms with Crippen molar-refractivity contribution in [2.45, 2.75) is 165 Å². The van der Waals surface area contributed by atoms with Gasteiger partial charge in [-0.1, -0.05) is 83.9 Å². The van der Waals surface area contributed by atoms with Gasteiger partial charge in [0.15, 0.2) is 0 Å². The van der Waals surface area contributed by atoms with Crippen molar-refractivity contribution in [3.05, 3.63) is 176 Å². The maximum Gasteiger partial charge on any atom is 0.412 e. The minimum absolute atomic E-state index is 0. The summed E-state index contributed by atoms with van der Waals surface area (Å²) in [4.78, 5) is 66.7. The number of nitrogens with zero attached hydrogens (tertiary/aromatic N) is 4. The van der Waals surface area contributed by atoms with Crippen LogP contribution in [0.3, 0.4) is 0 Å². The quantitative estimate of drug-likeness (QED) is 0.0597. The van der Waals surface area contributed by atoms with Gasteiger partial charge < -0.3 is 36.3 Å². The number of benzene rings is 4. The van der Waals surface area contributed by atoms with Crippen LogP contribution in [-0.2, 0) is 22.3 Å². The van der Waals surface area contributed by atoms with Crippen LogP contribution in [0.1, 0.15) is 173 Å². The molecule has 3 amide bonds. The maximum atomic E-state index is 13.6. The summed E-state index contributed by atoms with van der Waals surface area (Å²) in [6.07, 6.45) is 21.7. The molecule has 17 nitrogen and oxygen atoms in total. The molecule has 21 heteroatoms. The number of halogens is 2. The summed E-state index contributed by atoms with van der Waals surface area (Å²) in [7, 11) is 3.75. The molecule has 0 aliphatic heterocycles. The van der Waals surface area contributed by atoms with Gasteiger partial charge in [-0.15, -0.1) is 0 Å². The Morgan fingerprint density at radius 2 is 0.978 bits per heavy atom. The van der Waals surface area contributed by atoms with Gasteiger partial charge in [0.2, 0.25) is 11.9 Å². The number of carboxylic acids is 1. The van der Waals surface area contributed by atoms with Gasteiger partial charge in [-0.3, -0.25) is 15.4 Å². The Bertz CT molecular complexity index is 3800. The number of allylic oxidation sites excluding steroid dienone is 2. The fourth-order valence-electron chi connectivity index (χ4n) is 16.3. The average Bonchev–Trinajstić information content (AvgIpc) is 0.949. The molecular formula is C70H79BCl2N10O7U. The largest absolute Gasteiger partial charge is 0.478 e. The van der Waals surface area contributed by atoms with Gasteiger partial charge in [0.05, 0.1) is 39.4 Å². The first-order valence-electron chi connectivity index (χ1n) is 31.6. The molecule has 10 aliphatic rings. The summed E-state index contributed by atoms with van der Waals surface area (Å²) >= 11 is 13.2. The Balaban J connectivity index is 0.000000165. The molecule has 8 N–H and O–H groups in total. The molecule has 91 heavy (non-hydrogen) atoms. The molecule has 2 heterocycles. The molecule has 8 fully saturated rings. The number of fused-ring (bicyclic) bond motifs is 2. The SMILES string of the molecule is CC(C)(C)OC(=O)Nc1ccc(C(=O)NC23CC4CC(C2)CC(Nc2ncc(Cl)c(C5=CCc6ccccc65)n2)(C4)C3)cc1.CC(C)(C)OC(=O)Nc1ccc(C(=O)O)cc1.NC12CC3CC(C1)CC(Nc1ncc(Cl)c(C4=CCc5ccccc54)n1)(C3)C2.[3H][B].[U]. The van der Waals surface area contributed by atoms with Gasteiger partial charge in [-0.05, 0) is 227 Å². The number of hydrogen-bond acceptors (Lipinski definition) is 13. The van der Waals surface area contributed by atoms with E-state index < -0.39 is 29.4 Å². The standard InChI is InChI=1S/C35H38ClN5O3.C23H25ClN4.C12H15NO4.BH.U/c1-33(2,3)44-32(43)38-25-11-8-24(9-12-25)30(42)40-34-15-21-14-22(16-34)18-35(17-21,20-34)41-31-37-19-28(36)29(39-31)27-13-10-23-6-4-5-7-26(23)27;24-19-12-26-21(27-20(19)18-6-5-16-3-1-2-4-17(16)18)28-23-10-14-7-15(11-23)9-22(25,8-14)13-23;1-12(2,3)17-11(16)13-9-6-4-8(5-7-9)10(14)15;;/h4-9,11-13,19,21-22H,10,14-18,20H2,1-3H3,(H,38,43)(H,40,42)(H,37,39,41);1-4,6,12,14-15H,5,7-11,13,25H2,(H,26,27,28);4-7H,1-3H3,(H,13,16)(H,14,15);1H;/i;;;1T;. The number of aromatic nitrogens is 4. The number of ether oxygens (including phenoxy) is 2. The average molecular weight is 1490 g/mol. The van der Waals surface area contributed by atoms with Crippen molar-refractivity contribution in [3.8, 4) is 0 Å². The van der Waals surface area contributed by atoms with Crippen molar-refractivity contribution in [3.63, 3.8) is 0 Å². The van der Waals surface area contributed by atoms with Gasteiger partial charge >= 0.3 is 18.2 Å². The second-order valence-electron chi connectivity index (χ2n) is 28.3. The minimum Gasteiger partial charge on any atom is -0.478 e. The smallest absolute Gasteiger partial charge is 0.412 e. The van der Waals surface area contributed by atoms with Crippen LogP contribution in [0.25, 0.3) is 11.1 Å². The van der Waals surface area contributed by atoms with Crippen molar-refractivity contribution >= 4 is 90.1 Å². The maximum absolute atomic E-state index is 13.6. The molecule has 0 spiro atoms. The summed E-state index contributed by atoms with van der Waals surface area (Å²) in [5.74, 6) is 2.73. The van der Waals surface area contributed by atoms with Gasteiger partial charge in [0.1, 0.15) is 11.2 Å². The van der Waals surface area contributed by atoms with E-state index in [1.807, 2.05) is 26.8 Å². The predicted molar refractivity (Wildman–Crippen MR) is 354 cm³/mol. The van der Waals surface area contributed by atoms with E-state index in [1.54, 1.807) is 57.4 Å². The molecule has 8 saturated carbocycles. The molecule has 4 aromatic carbocycles. The zero-order valence-electron chi connectivity index (χ0n) is 53.4. The molecule has 472 valence electrons. The number of nitrogens with one attached hydrogen (secondary N) is 5. The number of carbonyl (C=O) groups is 4. The summed E-state index contributed by atoms with van der Waals surface area (Å²) < 4.78 is 15.6. The normalized spacial score (nSPS) is 25.7. The van der Waals surface area contributed by atoms with Crippen molar-refractivity contribution in [1.82, 2.24) is 25.3 Å². The number of carboxylic acid groups (broad SMARTS) is 1. The van der Waals surface area contributed by atoms with E-state index in [0.29, 0.717) is 50.7 Å². The number of amides is 3. The van der Waals surface area contributed by atoms with E-state index in [-0.39, 0.29) is 64.7 Å². The Kier molecular flexibility index (Phi) is 19.0. The first-order valence-corrected chi connectivity index (χ1v) is 31.8. The molecule has 0 saturated heterocycles. The summed E-state index contributed by atoms with van der Waals surface area (Å²) in [5.41, 5.74) is 15.7. The molecule has 4 unspecified atom stereocenters. The van der Waals surface area contributed by atoms with Crippen LogP contribution in [0.4, 0.5) is 32.9 Å². The van der Waals surface area contributed by atoms with E-state index in [2.05, 4.69) is 99.5 Å². The summed E-state index contributed by atoms with van der Waals surface area (Å²) in [5, 5.41) is 26.0. The van der Waals surface area contributed by atoms with Gasteiger partial charge in [0, 0.05) is 89.7 Å². The number of rotatable bonds is 11. The number of anilines is 4. The molecular weight excluding hydrogens is 1410 g/mol. The van der Waals surface area contributed by atoms with Crippen LogP contribution in [0.2, 0.25) is 10.0 Å². The Hall–Kier alpha value is -6.74. The van der Waals surface area contributed by atoms with Gasteiger partial charge in [0.25, 0.3) is 5.91 Å². The predicted octanol–water partition coefficient (Wildman–Crippen LogP) is 14.1. The monoisotopic (exact) mass is 1490 g/mol. The molecule has 6 aromatic rings. The van der Waals surface area contributed by atoms with Crippen LogP contribution in [0.5, 0.6) is 0 Å². The topological polar surface area (TPSA) is 245 Å². The van der Waals surface area contributed by atoms with E-state index in [1.165, 1.54) is 85.0 Å². The van der Waals surface area contributed by atoms with Gasteiger partial charge in [-0.2, -0.15) is 0 Å². The number of aromatic carboxylic acids is 1. The molecule has 2 aromatic heterocycles. The van der Waals surface area contributed by atoms with Crippen molar-refractivity contribution in [2.24, 2.45) is 29.4 Å². The third-order valence-electron chi connectivity index (χ3n) is 18.5. The van der Waals surface area contributed by atoms with Crippen LogP contribution in [0.15, 0.2) is 122 Å². The molecule has 8 bridgehead atoms. The van der Waals surface area contributed by atoms with Crippen LogP contribution in [0, 0.1) is 54.8 Å². The Labute approximate surface area is 569 Å². The number of nitrogens with two attached hydrogens (primary N) is 1. The van der Waals surface area contributed by atoms with E-state index in [4.69, 9.17) is 54.8 Å². The van der Waals surface area contributed by atoms with Gasteiger partial charge in [-0.25, -0.2) is 34.3 Å². The van der Waals surface area contributed by atoms with Crippen molar-refractivity contribution in [2.75, 3.05) is 21.3 Å². The van der Waals surface area contributed by atoms with Crippen LogP contribution < -0.4 is 32.3 Å². The second kappa shape index (κ2) is 26.3. The minimum atomic E-state index is -1.01. The molecule has 4 atom stereocenters. The van der Waals surface area contributed by atoms with Crippen LogP contribution in [-0.4, -0.2) is 92.2 Å². The van der Waals surface area contributed by atoms with Crippen molar-refractivity contribution < 1.29 is 64.9 Å². The van der Waals surface area contributed by atoms with Crippen molar-refractivity contribution in [1.29, 1.82) is 1.34 Å². The summed E-state index contributed by atoms with van der Waals surface area (Å²) in [6.45, 7) is 10.7. The fraction of sp³-hybridized carbons (Fsp3) is 0.429. The van der Waals surface area contributed by atoms with E-state index in [9.17, 15) is 19.2 Å². The Morgan fingerprint density at radius 1 is 0.582 bits per heavy atom. The zero-order valence-corrected chi connectivity index (χ0v) is 58.0. The number of carbonyl (C=O) groups excluding carboxylic acids is 3. The molecule has 2 radical (unpaired) electrons. The third kappa shape index (κ3) is 15.5. The first kappa shape index (κ1) is 65.7. The third-order valence-corrected chi connectivity index (χ3v) is 19.1. The Morgan fingerprint density at radius 3 is 1.40 bits per heavy atom.